The van der Waals surface area contributed by atoms with Crippen LogP contribution in [0.5, 0.6) is 0 Å². The first kappa shape index (κ1) is 11.8. The standard InChI is InChI=1S/C12H11N5O/c1-3-8-7-14-11-9(15-8)5-6-10(16-11)17-12(18)13-4-2/h1,5-7H,4H2,2H3,(H2,13,14,16,17,18). The molecule has 2 rings (SSSR count). The van der Waals surface area contributed by atoms with Crippen LogP contribution in [0.15, 0.2) is 18.3 Å². The molecule has 0 unspecified atom stereocenters. The highest BCUT2D eigenvalue weighted by atomic mass is 16.2. The van der Waals surface area contributed by atoms with Crippen LogP contribution >= 0.6 is 0 Å². The molecule has 6 nitrogen and oxygen atoms in total. The van der Waals surface area contributed by atoms with E-state index in [-0.39, 0.29) is 6.03 Å². The van der Waals surface area contributed by atoms with Gasteiger partial charge in [0, 0.05) is 6.54 Å². The number of carbonyl (C=O) groups excluding carboxylic acids is 1. The minimum atomic E-state index is -0.308. The fourth-order valence-electron chi connectivity index (χ4n) is 1.36. The Kier molecular flexibility index (Phi) is 3.34. The van der Waals surface area contributed by atoms with Crippen molar-refractivity contribution in [3.63, 3.8) is 0 Å². The smallest absolute Gasteiger partial charge is 0.320 e. The van der Waals surface area contributed by atoms with Crippen molar-refractivity contribution in [3.05, 3.63) is 24.0 Å². The molecule has 0 aliphatic heterocycles. The van der Waals surface area contributed by atoms with Crippen LogP contribution in [0.4, 0.5) is 10.6 Å². The van der Waals surface area contributed by atoms with Gasteiger partial charge in [-0.05, 0) is 25.0 Å². The normalized spacial score (nSPS) is 9.78. The van der Waals surface area contributed by atoms with Crippen LogP contribution in [0.25, 0.3) is 11.2 Å². The van der Waals surface area contributed by atoms with Crippen molar-refractivity contribution in [2.75, 3.05) is 11.9 Å². The summed E-state index contributed by atoms with van der Waals surface area (Å²) in [6, 6.07) is 3.04. The maximum atomic E-state index is 11.3. The summed E-state index contributed by atoms with van der Waals surface area (Å²) in [6.07, 6.45) is 6.70. The predicted molar refractivity (Wildman–Crippen MR) is 68.0 cm³/mol. The van der Waals surface area contributed by atoms with E-state index in [0.717, 1.165) is 0 Å². The number of anilines is 1. The molecule has 0 bridgehead atoms. The van der Waals surface area contributed by atoms with Crippen LogP contribution in [-0.2, 0) is 0 Å². The molecule has 18 heavy (non-hydrogen) atoms. The van der Waals surface area contributed by atoms with Gasteiger partial charge in [0.2, 0.25) is 0 Å². The monoisotopic (exact) mass is 241 g/mol. The first-order valence-electron chi connectivity index (χ1n) is 5.38. The number of pyridine rings is 1. The Balaban J connectivity index is 2.28. The van der Waals surface area contributed by atoms with Crippen molar-refractivity contribution in [2.24, 2.45) is 0 Å². The summed E-state index contributed by atoms with van der Waals surface area (Å²) in [7, 11) is 0. The molecule has 2 aromatic rings. The molecule has 0 spiro atoms. The van der Waals surface area contributed by atoms with E-state index >= 15 is 0 Å². The van der Waals surface area contributed by atoms with Crippen molar-refractivity contribution >= 4 is 23.0 Å². The minimum absolute atomic E-state index is 0.308. The number of nitrogens with one attached hydrogen (secondary N) is 2. The maximum absolute atomic E-state index is 11.3. The third-order valence-corrected chi connectivity index (χ3v) is 2.13. The third-order valence-electron chi connectivity index (χ3n) is 2.13. The van der Waals surface area contributed by atoms with Crippen LogP contribution in [0, 0.1) is 12.3 Å². The van der Waals surface area contributed by atoms with E-state index in [2.05, 4.69) is 31.5 Å². The van der Waals surface area contributed by atoms with Crippen LogP contribution in [0.3, 0.4) is 0 Å². The number of nitrogens with zero attached hydrogens (tertiary/aromatic N) is 3. The van der Waals surface area contributed by atoms with E-state index in [1.165, 1.54) is 6.20 Å². The highest BCUT2D eigenvalue weighted by Gasteiger charge is 2.04. The van der Waals surface area contributed by atoms with Gasteiger partial charge in [0.1, 0.15) is 17.0 Å². The number of urea groups is 1. The van der Waals surface area contributed by atoms with Crippen LogP contribution in [0.1, 0.15) is 12.6 Å². The first-order valence-corrected chi connectivity index (χ1v) is 5.38. The first-order chi connectivity index (χ1) is 8.72. The van der Waals surface area contributed by atoms with Gasteiger partial charge in [-0.2, -0.15) is 0 Å². The average Bonchev–Trinajstić information content (AvgIpc) is 2.38. The highest BCUT2D eigenvalue weighted by molar-refractivity contribution is 5.89. The van der Waals surface area contributed by atoms with Crippen molar-refractivity contribution in [3.8, 4) is 12.3 Å². The van der Waals surface area contributed by atoms with Crippen LogP contribution in [0.2, 0.25) is 0 Å². The molecule has 2 aromatic heterocycles. The number of amides is 2. The van der Waals surface area contributed by atoms with Crippen molar-refractivity contribution in [2.45, 2.75) is 6.92 Å². The fourth-order valence-corrected chi connectivity index (χ4v) is 1.36. The third kappa shape index (κ3) is 2.52. The van der Waals surface area contributed by atoms with E-state index in [1.807, 2.05) is 6.92 Å². The molecule has 2 N–H and O–H groups in total. The molecule has 0 aliphatic carbocycles. The Morgan fingerprint density at radius 3 is 3.00 bits per heavy atom. The summed E-state index contributed by atoms with van der Waals surface area (Å²) in [4.78, 5) is 23.7. The lowest BCUT2D eigenvalue weighted by Gasteiger charge is -2.05. The van der Waals surface area contributed by atoms with Gasteiger partial charge < -0.3 is 5.32 Å². The lowest BCUT2D eigenvalue weighted by Crippen LogP contribution is -2.28. The lowest BCUT2D eigenvalue weighted by molar-refractivity contribution is 0.252. The minimum Gasteiger partial charge on any atom is -0.338 e. The van der Waals surface area contributed by atoms with E-state index in [9.17, 15) is 4.79 Å². The zero-order valence-corrected chi connectivity index (χ0v) is 9.77. The molecule has 0 saturated carbocycles. The number of rotatable bonds is 2. The van der Waals surface area contributed by atoms with Gasteiger partial charge in [-0.3, -0.25) is 5.32 Å². The van der Waals surface area contributed by atoms with Crippen LogP contribution in [-0.4, -0.2) is 27.5 Å². The van der Waals surface area contributed by atoms with Gasteiger partial charge in [0.15, 0.2) is 5.65 Å². The Bertz CT molecular complexity index is 632. The van der Waals surface area contributed by atoms with E-state index in [0.29, 0.717) is 29.2 Å². The molecule has 90 valence electrons. The van der Waals surface area contributed by atoms with Crippen molar-refractivity contribution in [1.29, 1.82) is 0 Å². The largest absolute Gasteiger partial charge is 0.338 e. The Hall–Kier alpha value is -2.68. The second-order valence-corrected chi connectivity index (χ2v) is 3.42. The number of hydrogen-bond donors (Lipinski definition) is 2. The zero-order valence-electron chi connectivity index (χ0n) is 9.77. The molecule has 0 aromatic carbocycles. The molecular weight excluding hydrogens is 230 g/mol. The SMILES string of the molecule is C#Cc1cnc2nc(NC(=O)NCC)ccc2n1. The molecule has 0 fully saturated rings. The molecular formula is C12H11N5O. The Morgan fingerprint density at radius 2 is 2.28 bits per heavy atom. The van der Waals surface area contributed by atoms with Gasteiger partial charge >= 0.3 is 6.03 Å². The number of fused-ring (bicyclic) bond motifs is 1. The number of carbonyl (C=O) groups is 1. The van der Waals surface area contributed by atoms with Crippen molar-refractivity contribution in [1.82, 2.24) is 20.3 Å². The molecule has 6 heteroatoms. The second-order valence-electron chi connectivity index (χ2n) is 3.42. The summed E-state index contributed by atoms with van der Waals surface area (Å²) in [6.45, 7) is 2.38. The summed E-state index contributed by atoms with van der Waals surface area (Å²) >= 11 is 0. The quantitative estimate of drug-likeness (QED) is 0.773. The number of hydrogen-bond acceptors (Lipinski definition) is 4. The second kappa shape index (κ2) is 5.10. The number of terminal acetylenes is 1. The van der Waals surface area contributed by atoms with E-state index in [1.54, 1.807) is 12.1 Å². The summed E-state index contributed by atoms with van der Waals surface area (Å²) < 4.78 is 0. The van der Waals surface area contributed by atoms with Gasteiger partial charge in [0.25, 0.3) is 0 Å². The molecule has 0 radical (unpaired) electrons. The summed E-state index contributed by atoms with van der Waals surface area (Å²) in [5.41, 5.74) is 1.48. The molecule has 0 aliphatic rings. The van der Waals surface area contributed by atoms with Crippen molar-refractivity contribution < 1.29 is 4.79 Å². The molecule has 0 atom stereocenters. The zero-order chi connectivity index (χ0) is 13.0. The summed E-state index contributed by atoms with van der Waals surface area (Å²) in [5.74, 6) is 2.81. The molecule has 0 saturated heterocycles. The van der Waals surface area contributed by atoms with Gasteiger partial charge in [0.05, 0.1) is 6.20 Å². The number of aromatic nitrogens is 3. The lowest BCUT2D eigenvalue weighted by atomic mass is 10.3. The fraction of sp³-hybridized carbons (Fsp3) is 0.167. The Morgan fingerprint density at radius 1 is 1.44 bits per heavy atom. The Labute approximate surface area is 104 Å². The van der Waals surface area contributed by atoms with E-state index < -0.39 is 0 Å². The molecule has 2 heterocycles. The maximum Gasteiger partial charge on any atom is 0.320 e. The topological polar surface area (TPSA) is 79.8 Å². The van der Waals surface area contributed by atoms with Gasteiger partial charge in [-0.15, -0.1) is 6.42 Å². The average molecular weight is 241 g/mol. The van der Waals surface area contributed by atoms with Gasteiger partial charge in [-0.25, -0.2) is 19.7 Å². The molecule has 2 amide bonds. The van der Waals surface area contributed by atoms with Gasteiger partial charge in [-0.1, -0.05) is 0 Å². The van der Waals surface area contributed by atoms with E-state index in [4.69, 9.17) is 6.42 Å². The summed E-state index contributed by atoms with van der Waals surface area (Å²) in [5, 5.41) is 5.20. The van der Waals surface area contributed by atoms with Crippen LogP contribution < -0.4 is 10.6 Å². The predicted octanol–water partition coefficient (Wildman–Crippen LogP) is 1.15. The highest BCUT2D eigenvalue weighted by Crippen LogP contribution is 2.11.